The molecular weight excluding hydrogens is 250 g/mol. The molecular formula is C13H18ClN3O. The molecule has 4 nitrogen and oxygen atoms in total. The third-order valence-corrected chi connectivity index (χ3v) is 3.58. The summed E-state index contributed by atoms with van der Waals surface area (Å²) in [6.45, 7) is 5.23. The van der Waals surface area contributed by atoms with E-state index in [1.54, 1.807) is 13.1 Å². The number of piperidine rings is 1. The zero-order valence-electron chi connectivity index (χ0n) is 10.7. The number of likely N-dealkylation sites (tertiary alicyclic amines) is 1. The summed E-state index contributed by atoms with van der Waals surface area (Å²) in [5.74, 6) is 0.156. The predicted octanol–water partition coefficient (Wildman–Crippen LogP) is 2.47. The van der Waals surface area contributed by atoms with Gasteiger partial charge in [0.1, 0.15) is 0 Å². The van der Waals surface area contributed by atoms with Crippen LogP contribution >= 0.6 is 11.6 Å². The Morgan fingerprint density at radius 2 is 2.17 bits per heavy atom. The summed E-state index contributed by atoms with van der Waals surface area (Å²) >= 11 is 6.06. The number of anilines is 1. The van der Waals surface area contributed by atoms with Crippen LogP contribution in [0.25, 0.3) is 0 Å². The first-order chi connectivity index (χ1) is 8.56. The highest BCUT2D eigenvalue weighted by molar-refractivity contribution is 6.31. The summed E-state index contributed by atoms with van der Waals surface area (Å²) in [6.07, 6.45) is 3.65. The van der Waals surface area contributed by atoms with E-state index in [1.807, 2.05) is 17.9 Å². The van der Waals surface area contributed by atoms with Crippen molar-refractivity contribution < 1.29 is 4.79 Å². The second-order valence-corrected chi connectivity index (χ2v) is 5.13. The van der Waals surface area contributed by atoms with Crippen LogP contribution in [-0.2, 0) is 4.79 Å². The van der Waals surface area contributed by atoms with Gasteiger partial charge in [-0.2, -0.15) is 0 Å². The van der Waals surface area contributed by atoms with Crippen LogP contribution in [0.4, 0.5) is 5.69 Å². The number of rotatable bonds is 2. The summed E-state index contributed by atoms with van der Waals surface area (Å²) in [5.41, 5.74) is 1.97. The first-order valence-corrected chi connectivity index (χ1v) is 6.58. The summed E-state index contributed by atoms with van der Waals surface area (Å²) < 4.78 is 0. The SMILES string of the molecule is CC(=O)N1CCC(Nc2cc(C)cnc2Cl)CC1. The topological polar surface area (TPSA) is 45.2 Å². The van der Waals surface area contributed by atoms with E-state index in [9.17, 15) is 4.79 Å². The van der Waals surface area contributed by atoms with Crippen molar-refractivity contribution in [3.8, 4) is 0 Å². The molecule has 2 heterocycles. The quantitative estimate of drug-likeness (QED) is 0.838. The van der Waals surface area contributed by atoms with E-state index in [-0.39, 0.29) is 5.91 Å². The molecule has 1 fully saturated rings. The third kappa shape index (κ3) is 3.13. The Morgan fingerprint density at radius 3 is 2.78 bits per heavy atom. The van der Waals surface area contributed by atoms with E-state index in [2.05, 4.69) is 10.3 Å². The molecule has 5 heteroatoms. The van der Waals surface area contributed by atoms with E-state index in [0.717, 1.165) is 37.2 Å². The van der Waals surface area contributed by atoms with Crippen LogP contribution < -0.4 is 5.32 Å². The van der Waals surface area contributed by atoms with Crippen molar-refractivity contribution in [1.29, 1.82) is 0 Å². The van der Waals surface area contributed by atoms with E-state index in [0.29, 0.717) is 11.2 Å². The molecule has 0 unspecified atom stereocenters. The lowest BCUT2D eigenvalue weighted by Crippen LogP contribution is -2.41. The van der Waals surface area contributed by atoms with E-state index >= 15 is 0 Å². The Balaban J connectivity index is 1.95. The highest BCUT2D eigenvalue weighted by Gasteiger charge is 2.21. The molecule has 0 atom stereocenters. The molecule has 0 aliphatic carbocycles. The molecule has 2 rings (SSSR count). The van der Waals surface area contributed by atoms with Gasteiger partial charge in [-0.1, -0.05) is 11.6 Å². The molecule has 1 aliphatic heterocycles. The van der Waals surface area contributed by atoms with Crippen molar-refractivity contribution in [3.63, 3.8) is 0 Å². The summed E-state index contributed by atoms with van der Waals surface area (Å²) in [6, 6.07) is 2.37. The lowest BCUT2D eigenvalue weighted by molar-refractivity contribution is -0.129. The van der Waals surface area contributed by atoms with Gasteiger partial charge in [0.2, 0.25) is 5.91 Å². The number of halogens is 1. The zero-order chi connectivity index (χ0) is 13.1. The Bertz CT molecular complexity index is 442. The number of hydrogen-bond acceptors (Lipinski definition) is 3. The van der Waals surface area contributed by atoms with Gasteiger partial charge < -0.3 is 10.2 Å². The first kappa shape index (κ1) is 13.1. The van der Waals surface area contributed by atoms with Crippen molar-refractivity contribution in [2.45, 2.75) is 32.7 Å². The minimum Gasteiger partial charge on any atom is -0.380 e. The minimum atomic E-state index is 0.156. The predicted molar refractivity (Wildman–Crippen MR) is 72.9 cm³/mol. The van der Waals surface area contributed by atoms with Gasteiger partial charge in [0.05, 0.1) is 5.69 Å². The second-order valence-electron chi connectivity index (χ2n) is 4.78. The Kier molecular flexibility index (Phi) is 4.07. The molecule has 98 valence electrons. The van der Waals surface area contributed by atoms with Crippen LogP contribution in [0.3, 0.4) is 0 Å². The number of carbonyl (C=O) groups is 1. The highest BCUT2D eigenvalue weighted by atomic mass is 35.5. The second kappa shape index (κ2) is 5.57. The number of hydrogen-bond donors (Lipinski definition) is 1. The Hall–Kier alpha value is -1.29. The number of pyridine rings is 1. The maximum absolute atomic E-state index is 11.2. The number of carbonyl (C=O) groups excluding carboxylic acids is 1. The first-order valence-electron chi connectivity index (χ1n) is 6.20. The standard InChI is InChI=1S/C13H18ClN3O/c1-9-7-12(13(14)15-8-9)16-11-3-5-17(6-4-11)10(2)18/h7-8,11,16H,3-6H2,1-2H3. The number of nitrogens with one attached hydrogen (secondary N) is 1. The van der Waals surface area contributed by atoms with E-state index < -0.39 is 0 Å². The molecule has 1 saturated heterocycles. The van der Waals surface area contributed by atoms with Crippen molar-refractivity contribution in [2.24, 2.45) is 0 Å². The molecule has 1 N–H and O–H groups in total. The van der Waals surface area contributed by atoms with Crippen LogP contribution in [0.15, 0.2) is 12.3 Å². The number of aryl methyl sites for hydroxylation is 1. The van der Waals surface area contributed by atoms with Crippen molar-refractivity contribution in [2.75, 3.05) is 18.4 Å². The smallest absolute Gasteiger partial charge is 0.219 e. The molecule has 0 spiro atoms. The molecule has 1 aromatic heterocycles. The van der Waals surface area contributed by atoms with E-state index in [4.69, 9.17) is 11.6 Å². The lowest BCUT2D eigenvalue weighted by Gasteiger charge is -2.32. The summed E-state index contributed by atoms with van der Waals surface area (Å²) in [7, 11) is 0. The number of aromatic nitrogens is 1. The maximum Gasteiger partial charge on any atom is 0.219 e. The zero-order valence-corrected chi connectivity index (χ0v) is 11.5. The van der Waals surface area contributed by atoms with Gasteiger partial charge in [-0.25, -0.2) is 4.98 Å². The van der Waals surface area contributed by atoms with Crippen molar-refractivity contribution >= 4 is 23.2 Å². The lowest BCUT2D eigenvalue weighted by atomic mass is 10.0. The Morgan fingerprint density at radius 1 is 1.50 bits per heavy atom. The monoisotopic (exact) mass is 267 g/mol. The number of nitrogens with zero attached hydrogens (tertiary/aromatic N) is 2. The fourth-order valence-electron chi connectivity index (χ4n) is 2.21. The van der Waals surface area contributed by atoms with Crippen molar-refractivity contribution in [1.82, 2.24) is 9.88 Å². The minimum absolute atomic E-state index is 0.156. The van der Waals surface area contributed by atoms with Gasteiger partial charge in [-0.05, 0) is 31.4 Å². The van der Waals surface area contributed by atoms with Gasteiger partial charge in [0, 0.05) is 32.3 Å². The van der Waals surface area contributed by atoms with E-state index in [1.165, 1.54) is 0 Å². The molecule has 0 aromatic carbocycles. The van der Waals surface area contributed by atoms with Crippen LogP contribution in [-0.4, -0.2) is 34.9 Å². The maximum atomic E-state index is 11.2. The normalized spacial score (nSPS) is 16.7. The van der Waals surface area contributed by atoms with Gasteiger partial charge >= 0.3 is 0 Å². The molecule has 0 bridgehead atoms. The van der Waals surface area contributed by atoms with Crippen LogP contribution in [0.1, 0.15) is 25.3 Å². The van der Waals surface area contributed by atoms with Crippen LogP contribution in [0, 0.1) is 6.92 Å². The van der Waals surface area contributed by atoms with Gasteiger partial charge in [-0.15, -0.1) is 0 Å². The van der Waals surface area contributed by atoms with Gasteiger partial charge in [0.25, 0.3) is 0 Å². The average molecular weight is 268 g/mol. The molecule has 1 aliphatic rings. The third-order valence-electron chi connectivity index (χ3n) is 3.28. The average Bonchev–Trinajstić information content (AvgIpc) is 2.34. The highest BCUT2D eigenvalue weighted by Crippen LogP contribution is 2.23. The molecule has 1 aromatic rings. The van der Waals surface area contributed by atoms with Crippen LogP contribution in [0.2, 0.25) is 5.15 Å². The molecule has 1 amide bonds. The molecule has 0 saturated carbocycles. The van der Waals surface area contributed by atoms with Crippen molar-refractivity contribution in [3.05, 3.63) is 23.0 Å². The summed E-state index contributed by atoms with van der Waals surface area (Å²) in [4.78, 5) is 17.2. The molecule has 18 heavy (non-hydrogen) atoms. The van der Waals surface area contributed by atoms with Gasteiger partial charge in [-0.3, -0.25) is 4.79 Å². The van der Waals surface area contributed by atoms with Crippen LogP contribution in [0.5, 0.6) is 0 Å². The fourth-order valence-corrected chi connectivity index (χ4v) is 2.37. The summed E-state index contributed by atoms with van der Waals surface area (Å²) in [5, 5.41) is 3.93. The fraction of sp³-hybridized carbons (Fsp3) is 0.538. The number of amides is 1. The van der Waals surface area contributed by atoms with Gasteiger partial charge in [0.15, 0.2) is 5.15 Å². The Labute approximate surface area is 112 Å². The molecule has 0 radical (unpaired) electrons. The largest absolute Gasteiger partial charge is 0.380 e.